The van der Waals surface area contributed by atoms with Crippen LogP contribution in [0.4, 0.5) is 5.69 Å². The van der Waals surface area contributed by atoms with Crippen LogP contribution in [0.5, 0.6) is 5.75 Å². The van der Waals surface area contributed by atoms with Crippen molar-refractivity contribution in [2.45, 2.75) is 0 Å². The SMILES string of the molecule is CO[C](=[W])/C=C(/Nc1ccc(OC)cc1)c1ccccc1.[C-]#[O+].[C-]#[O+].[C-]#[O+].[C-]#[O+].[C-]#[O+]. The Morgan fingerprint density at radius 2 is 1.23 bits per heavy atom. The van der Waals surface area contributed by atoms with Crippen molar-refractivity contribution in [1.82, 2.24) is 0 Å². The summed E-state index contributed by atoms with van der Waals surface area (Å²) in [6, 6.07) is 18.0. The van der Waals surface area contributed by atoms with Crippen molar-refractivity contribution in [2.75, 3.05) is 19.5 Å². The number of hydrogen-bond acceptors (Lipinski definition) is 3. The Morgan fingerprint density at radius 3 is 1.61 bits per heavy atom. The van der Waals surface area contributed by atoms with Gasteiger partial charge in [-0.25, -0.2) is 0 Å². The molecule has 2 aromatic rings. The summed E-state index contributed by atoms with van der Waals surface area (Å²) in [5, 5.41) is 3.43. The molecule has 0 fully saturated rings. The van der Waals surface area contributed by atoms with Crippen molar-refractivity contribution >= 4 is 15.5 Å². The summed E-state index contributed by atoms with van der Waals surface area (Å²) in [6.45, 7) is 22.5. The van der Waals surface area contributed by atoms with Crippen LogP contribution in [-0.4, -0.2) is 18.3 Å². The molecule has 158 valence electrons. The second-order valence-corrected chi connectivity index (χ2v) is 5.75. The molecule has 2 aromatic carbocycles. The summed E-state index contributed by atoms with van der Waals surface area (Å²) in [5.41, 5.74) is 3.13. The maximum atomic E-state index is 7.50. The molecule has 0 aliphatic heterocycles. The molecule has 2 rings (SSSR count). The predicted octanol–water partition coefficient (Wildman–Crippen LogP) is 3.28. The predicted molar refractivity (Wildman–Crippen MR) is 103 cm³/mol. The van der Waals surface area contributed by atoms with E-state index in [-0.39, 0.29) is 0 Å². The quantitative estimate of drug-likeness (QED) is 0.409. The molecule has 0 unspecified atom stereocenters. The number of nitrogens with one attached hydrogen (secondary N) is 1. The van der Waals surface area contributed by atoms with Crippen LogP contribution in [0.1, 0.15) is 5.56 Å². The van der Waals surface area contributed by atoms with Gasteiger partial charge in [-0.05, 0) is 0 Å². The van der Waals surface area contributed by atoms with E-state index in [0.717, 1.165) is 26.8 Å². The molecular weight excluding hydrogens is 574 g/mol. The number of anilines is 1. The van der Waals surface area contributed by atoms with Gasteiger partial charge in [0, 0.05) is 0 Å². The van der Waals surface area contributed by atoms with E-state index in [1.807, 2.05) is 48.5 Å². The Bertz CT molecular complexity index is 801. The van der Waals surface area contributed by atoms with Crippen LogP contribution < -0.4 is 10.1 Å². The van der Waals surface area contributed by atoms with Crippen molar-refractivity contribution in [1.29, 1.82) is 0 Å². The van der Waals surface area contributed by atoms with Gasteiger partial charge < -0.3 is 0 Å². The third-order valence-corrected chi connectivity index (χ3v) is 3.94. The molecule has 0 heterocycles. The van der Waals surface area contributed by atoms with E-state index in [0.29, 0.717) is 0 Å². The van der Waals surface area contributed by atoms with Crippen molar-refractivity contribution < 1.29 is 52.1 Å². The molecular formula is C22H17NO7W. The second-order valence-electron chi connectivity index (χ2n) is 4.30. The van der Waals surface area contributed by atoms with Gasteiger partial charge in [0.25, 0.3) is 0 Å². The zero-order valence-corrected chi connectivity index (χ0v) is 19.5. The van der Waals surface area contributed by atoms with Gasteiger partial charge in [0.05, 0.1) is 0 Å². The first-order chi connectivity index (χ1) is 15.2. The molecule has 0 saturated heterocycles. The van der Waals surface area contributed by atoms with Gasteiger partial charge in [0.2, 0.25) is 0 Å². The van der Waals surface area contributed by atoms with Crippen LogP contribution in [0.15, 0.2) is 60.7 Å². The van der Waals surface area contributed by atoms with Crippen LogP contribution in [0, 0.1) is 33.3 Å². The molecule has 0 aromatic heterocycles. The average molecular weight is 591 g/mol. The molecule has 0 amide bonds. The standard InChI is InChI=1S/C17H17NO2.5CO.W/c1-19-13-12-17(14-6-4-3-5-7-14)18-15-8-10-16(20-2)11-9-15;5*1-2;/h3-12,18H,1-2H3;;;;;;/b17-12+;;;;;;. The zero-order valence-electron chi connectivity index (χ0n) is 16.5. The number of ether oxygens (including phenoxy) is 2. The zero-order chi connectivity index (χ0) is 25.1. The minimum atomic E-state index is 0.842. The van der Waals surface area contributed by atoms with Crippen molar-refractivity contribution in [3.05, 3.63) is 99.5 Å². The summed E-state index contributed by atoms with van der Waals surface area (Å²) < 4.78 is 48.9. The number of hydrogen-bond donors (Lipinski definition) is 1. The van der Waals surface area contributed by atoms with Crippen molar-refractivity contribution in [3.8, 4) is 5.75 Å². The molecule has 0 aliphatic carbocycles. The van der Waals surface area contributed by atoms with Gasteiger partial charge in [0.15, 0.2) is 0 Å². The van der Waals surface area contributed by atoms with E-state index in [1.54, 1.807) is 14.2 Å². The Labute approximate surface area is 192 Å². The number of methoxy groups -OCH3 is 2. The Morgan fingerprint density at radius 1 is 0.774 bits per heavy atom. The minimum absolute atomic E-state index is 0.842. The monoisotopic (exact) mass is 591 g/mol. The van der Waals surface area contributed by atoms with Crippen LogP contribution >= 0.6 is 0 Å². The average Bonchev–Trinajstić information content (AvgIpc) is 2.90. The molecule has 31 heavy (non-hydrogen) atoms. The van der Waals surface area contributed by atoms with Crippen molar-refractivity contribution in [2.24, 2.45) is 0 Å². The van der Waals surface area contributed by atoms with E-state index in [4.69, 9.17) is 32.7 Å². The van der Waals surface area contributed by atoms with E-state index >= 15 is 0 Å². The van der Waals surface area contributed by atoms with E-state index < -0.39 is 0 Å². The summed E-state index contributed by atoms with van der Waals surface area (Å²) in [4.78, 5) is 0. The summed E-state index contributed by atoms with van der Waals surface area (Å²) in [7, 11) is 3.35. The van der Waals surface area contributed by atoms with Gasteiger partial charge in [-0.2, -0.15) is 0 Å². The van der Waals surface area contributed by atoms with Crippen LogP contribution in [0.3, 0.4) is 0 Å². The third-order valence-electron chi connectivity index (χ3n) is 2.92. The normalized spacial score (nSPS) is 7.81. The molecule has 1 N–H and O–H groups in total. The van der Waals surface area contributed by atoms with Gasteiger partial charge in [0.1, 0.15) is 0 Å². The van der Waals surface area contributed by atoms with E-state index in [1.165, 1.54) is 19.4 Å². The first-order valence-corrected chi connectivity index (χ1v) is 8.98. The molecule has 0 radical (unpaired) electrons. The van der Waals surface area contributed by atoms with Crippen LogP contribution in [0.2, 0.25) is 0 Å². The Hall–Kier alpha value is -3.00. The molecule has 0 atom stereocenters. The van der Waals surface area contributed by atoms with Gasteiger partial charge in [-0.15, -0.1) is 0 Å². The summed E-state index contributed by atoms with van der Waals surface area (Å²) in [5.74, 6) is 0.842. The number of rotatable bonds is 6. The first-order valence-electron chi connectivity index (χ1n) is 7.51. The molecule has 9 heteroatoms. The van der Waals surface area contributed by atoms with Crippen LogP contribution in [0.25, 0.3) is 5.70 Å². The Kier molecular flexibility index (Phi) is 33.4. The molecule has 0 bridgehead atoms. The van der Waals surface area contributed by atoms with Gasteiger partial charge in [-0.1, -0.05) is 0 Å². The van der Waals surface area contributed by atoms with E-state index in [2.05, 4.69) is 50.7 Å². The summed E-state index contributed by atoms with van der Waals surface area (Å²) >= 11 is 1.29. The number of benzene rings is 2. The topological polar surface area (TPSA) is 130 Å². The molecule has 0 saturated carbocycles. The molecule has 0 spiro atoms. The maximum absolute atomic E-state index is 7.50. The Balaban J connectivity index is -0.000000320. The summed E-state index contributed by atoms with van der Waals surface area (Å²) in [6.07, 6.45) is 2.02. The third kappa shape index (κ3) is 17.6. The van der Waals surface area contributed by atoms with E-state index in [9.17, 15) is 0 Å². The van der Waals surface area contributed by atoms with Crippen LogP contribution in [-0.2, 0) is 47.4 Å². The fraction of sp³-hybridized carbons (Fsp3) is 0.0909. The molecule has 8 nitrogen and oxygen atoms in total. The fourth-order valence-electron chi connectivity index (χ4n) is 1.82. The van der Waals surface area contributed by atoms with Gasteiger partial charge >= 0.3 is 192 Å². The van der Waals surface area contributed by atoms with Crippen molar-refractivity contribution in [3.63, 3.8) is 0 Å². The second kappa shape index (κ2) is 29.2. The first kappa shape index (κ1) is 35.4. The van der Waals surface area contributed by atoms with Gasteiger partial charge in [-0.3, -0.25) is 0 Å². The molecule has 0 aliphatic rings. The fourth-order valence-corrected chi connectivity index (χ4v) is 2.24.